The third kappa shape index (κ3) is 15.1. The van der Waals surface area contributed by atoms with Crippen LogP contribution in [0.4, 0.5) is 0 Å². The van der Waals surface area contributed by atoms with Gasteiger partial charge in [-0.2, -0.15) is 0 Å². The van der Waals surface area contributed by atoms with Crippen molar-refractivity contribution in [1.82, 2.24) is 0 Å². The molecule has 0 rings (SSSR count). The molecule has 1 unspecified atom stereocenters. The molecule has 4 heteroatoms. The number of carboxylic acid groups (broad SMARTS) is 1. The molecule has 108 valence electrons. The smallest absolute Gasteiger partial charge is 0.331 e. The lowest BCUT2D eigenvalue weighted by Gasteiger charge is -2.04. The van der Waals surface area contributed by atoms with Gasteiger partial charge in [-0.25, -0.2) is 4.79 Å². The summed E-state index contributed by atoms with van der Waals surface area (Å²) in [4.78, 5) is 10.6. The van der Waals surface area contributed by atoms with E-state index in [1.54, 1.807) is 13.0 Å². The second kappa shape index (κ2) is 14.2. The number of carboxylic acids is 1. The van der Waals surface area contributed by atoms with E-state index in [4.69, 9.17) is 14.9 Å². The van der Waals surface area contributed by atoms with Gasteiger partial charge < -0.3 is 14.9 Å². The van der Waals surface area contributed by atoms with E-state index in [-0.39, 0.29) is 6.42 Å². The monoisotopic (exact) mass is 260 g/mol. The molecule has 4 nitrogen and oxygen atoms in total. The first kappa shape index (κ1) is 19.5. The van der Waals surface area contributed by atoms with E-state index in [2.05, 4.69) is 6.92 Å². The maximum Gasteiger partial charge on any atom is 0.331 e. The van der Waals surface area contributed by atoms with Gasteiger partial charge in [0.15, 0.2) is 0 Å². The summed E-state index contributed by atoms with van der Waals surface area (Å²) in [6, 6.07) is 0. The summed E-state index contributed by atoms with van der Waals surface area (Å²) in [7, 11) is 0. The Labute approximate surface area is 111 Å². The minimum Gasteiger partial charge on any atom is -0.478 e. The number of rotatable bonds is 8. The van der Waals surface area contributed by atoms with Gasteiger partial charge in [-0.1, -0.05) is 25.8 Å². The molecule has 18 heavy (non-hydrogen) atoms. The van der Waals surface area contributed by atoms with Crippen LogP contribution in [-0.2, 0) is 9.53 Å². The van der Waals surface area contributed by atoms with Crippen molar-refractivity contribution in [2.75, 3.05) is 13.2 Å². The number of unbranched alkanes of at least 4 members (excludes halogenated alkanes) is 2. The Morgan fingerprint density at radius 1 is 1.28 bits per heavy atom. The molecular formula is C14H28O4. The Hall–Kier alpha value is -0.870. The van der Waals surface area contributed by atoms with E-state index >= 15 is 0 Å². The lowest BCUT2D eigenvalue weighted by molar-refractivity contribution is -0.133. The van der Waals surface area contributed by atoms with E-state index in [0.29, 0.717) is 5.57 Å². The van der Waals surface area contributed by atoms with Crippen molar-refractivity contribution in [2.45, 2.75) is 59.5 Å². The number of allylic oxidation sites excluding steroid dienone is 1. The highest BCUT2D eigenvalue weighted by Gasteiger charge is 2.09. The highest BCUT2D eigenvalue weighted by Crippen LogP contribution is 2.08. The fourth-order valence-electron chi connectivity index (χ4n) is 1.26. The summed E-state index contributed by atoms with van der Waals surface area (Å²) >= 11 is 0. The van der Waals surface area contributed by atoms with Gasteiger partial charge in [0, 0.05) is 25.2 Å². The van der Waals surface area contributed by atoms with Crippen molar-refractivity contribution in [3.63, 3.8) is 0 Å². The maximum absolute atomic E-state index is 10.6. The molecule has 0 saturated carbocycles. The summed E-state index contributed by atoms with van der Waals surface area (Å²) in [5.41, 5.74) is 0.323. The van der Waals surface area contributed by atoms with E-state index < -0.39 is 12.1 Å². The molecule has 0 aromatic carbocycles. The zero-order valence-electron chi connectivity index (χ0n) is 12.1. The normalized spacial score (nSPS) is 12.6. The molecule has 0 spiro atoms. The number of hydrogen-bond acceptors (Lipinski definition) is 3. The standard InChI is InChI=1S/C10H18O3.C4H10O/c1-3-4-5-6-9(10(12)13)7-8(2)11;1-3-5-4-2/h6,8,11H,3-5,7H2,1-2H3,(H,12,13);3-4H2,1-2H3. The van der Waals surface area contributed by atoms with Crippen LogP contribution in [0, 0.1) is 0 Å². The number of ether oxygens (including phenoxy) is 1. The second-order valence-electron chi connectivity index (χ2n) is 4.01. The SMILES string of the molecule is CCCCC=C(CC(C)O)C(=O)O.CCOCC. The van der Waals surface area contributed by atoms with Crippen LogP contribution in [0.5, 0.6) is 0 Å². The molecule has 0 heterocycles. The van der Waals surface area contributed by atoms with Crippen LogP contribution in [0.25, 0.3) is 0 Å². The number of aliphatic hydroxyl groups is 1. The lowest BCUT2D eigenvalue weighted by Crippen LogP contribution is -2.08. The Bertz CT molecular complexity index is 220. The highest BCUT2D eigenvalue weighted by molar-refractivity contribution is 5.86. The van der Waals surface area contributed by atoms with Gasteiger partial charge in [-0.3, -0.25) is 0 Å². The average Bonchev–Trinajstić information content (AvgIpc) is 2.29. The molecule has 0 aromatic heterocycles. The molecule has 0 aromatic rings. The van der Waals surface area contributed by atoms with Gasteiger partial charge in [0.05, 0.1) is 6.10 Å². The Balaban J connectivity index is 0. The van der Waals surface area contributed by atoms with Gasteiger partial charge in [-0.05, 0) is 27.2 Å². The molecule has 2 N–H and O–H groups in total. The first-order chi connectivity index (χ1) is 8.49. The molecular weight excluding hydrogens is 232 g/mol. The topological polar surface area (TPSA) is 66.8 Å². The van der Waals surface area contributed by atoms with Crippen LogP contribution in [0.2, 0.25) is 0 Å². The first-order valence-electron chi connectivity index (χ1n) is 6.67. The van der Waals surface area contributed by atoms with E-state index in [1.807, 2.05) is 13.8 Å². The molecule has 0 fully saturated rings. The van der Waals surface area contributed by atoms with Crippen molar-refractivity contribution in [3.8, 4) is 0 Å². The predicted molar refractivity (Wildman–Crippen MR) is 73.7 cm³/mol. The fourth-order valence-corrected chi connectivity index (χ4v) is 1.26. The van der Waals surface area contributed by atoms with Crippen molar-refractivity contribution in [2.24, 2.45) is 0 Å². The molecule has 0 amide bonds. The zero-order chi connectivity index (χ0) is 14.4. The summed E-state index contributed by atoms with van der Waals surface area (Å²) in [5.74, 6) is -0.919. The van der Waals surface area contributed by atoms with Crippen LogP contribution in [0.3, 0.4) is 0 Å². The summed E-state index contributed by atoms with van der Waals surface area (Å²) in [6.45, 7) is 9.32. The van der Waals surface area contributed by atoms with Crippen molar-refractivity contribution in [3.05, 3.63) is 11.6 Å². The van der Waals surface area contributed by atoms with Gasteiger partial charge >= 0.3 is 5.97 Å². The first-order valence-corrected chi connectivity index (χ1v) is 6.67. The van der Waals surface area contributed by atoms with Gasteiger partial charge in [-0.15, -0.1) is 0 Å². The highest BCUT2D eigenvalue weighted by atomic mass is 16.5. The average molecular weight is 260 g/mol. The second-order valence-corrected chi connectivity index (χ2v) is 4.01. The predicted octanol–water partition coefficient (Wildman–Crippen LogP) is 3.00. The molecule has 0 bridgehead atoms. The van der Waals surface area contributed by atoms with E-state index in [1.165, 1.54) is 0 Å². The number of hydrogen-bond donors (Lipinski definition) is 2. The molecule has 0 radical (unpaired) electrons. The van der Waals surface area contributed by atoms with Crippen molar-refractivity contribution >= 4 is 5.97 Å². The van der Waals surface area contributed by atoms with Gasteiger partial charge in [0.1, 0.15) is 0 Å². The fraction of sp³-hybridized carbons (Fsp3) is 0.786. The minimum atomic E-state index is -0.919. The van der Waals surface area contributed by atoms with Crippen molar-refractivity contribution in [1.29, 1.82) is 0 Å². The number of aliphatic hydroxyl groups excluding tert-OH is 1. The summed E-state index contributed by atoms with van der Waals surface area (Å²) < 4.78 is 4.83. The Morgan fingerprint density at radius 3 is 2.11 bits per heavy atom. The third-order valence-electron chi connectivity index (χ3n) is 2.15. The lowest BCUT2D eigenvalue weighted by atomic mass is 10.1. The maximum atomic E-state index is 10.6. The molecule has 0 aliphatic carbocycles. The van der Waals surface area contributed by atoms with Crippen LogP contribution >= 0.6 is 0 Å². The largest absolute Gasteiger partial charge is 0.478 e. The molecule has 1 atom stereocenters. The Morgan fingerprint density at radius 2 is 1.83 bits per heavy atom. The molecule has 0 aliphatic rings. The Kier molecular flexibility index (Phi) is 15.4. The zero-order valence-corrected chi connectivity index (χ0v) is 12.1. The third-order valence-corrected chi connectivity index (χ3v) is 2.15. The minimum absolute atomic E-state index is 0.235. The van der Waals surface area contributed by atoms with Crippen LogP contribution in [0.15, 0.2) is 11.6 Å². The van der Waals surface area contributed by atoms with Crippen LogP contribution in [0.1, 0.15) is 53.4 Å². The number of carbonyl (C=O) groups is 1. The summed E-state index contributed by atoms with van der Waals surface area (Å²) in [6.07, 6.45) is 4.20. The van der Waals surface area contributed by atoms with Gasteiger partial charge in [0.2, 0.25) is 0 Å². The van der Waals surface area contributed by atoms with E-state index in [0.717, 1.165) is 32.5 Å². The quantitative estimate of drug-likeness (QED) is 0.520. The summed E-state index contributed by atoms with van der Waals surface area (Å²) in [5, 5.41) is 17.8. The molecule has 0 aliphatic heterocycles. The van der Waals surface area contributed by atoms with Crippen molar-refractivity contribution < 1.29 is 19.7 Å². The van der Waals surface area contributed by atoms with E-state index in [9.17, 15) is 4.79 Å². The van der Waals surface area contributed by atoms with Crippen LogP contribution in [-0.4, -0.2) is 35.5 Å². The molecule has 0 saturated heterocycles. The van der Waals surface area contributed by atoms with Gasteiger partial charge in [0.25, 0.3) is 0 Å². The van der Waals surface area contributed by atoms with Crippen LogP contribution < -0.4 is 0 Å². The number of aliphatic carboxylic acids is 1.